The summed E-state index contributed by atoms with van der Waals surface area (Å²) in [5.41, 5.74) is 1.79. The number of carbonyl (C=O) groups excluding carboxylic acids is 2. The molecular weight excluding hydrogens is 336 g/mol. The van der Waals surface area contributed by atoms with Crippen molar-refractivity contribution in [3.8, 4) is 0 Å². The fourth-order valence-electron chi connectivity index (χ4n) is 2.73. The van der Waals surface area contributed by atoms with Crippen LogP contribution in [0.3, 0.4) is 0 Å². The van der Waals surface area contributed by atoms with Crippen molar-refractivity contribution >= 4 is 29.3 Å². The van der Waals surface area contributed by atoms with Gasteiger partial charge < -0.3 is 15.3 Å². The van der Waals surface area contributed by atoms with Crippen LogP contribution in [0.25, 0.3) is 0 Å². The highest BCUT2D eigenvalue weighted by molar-refractivity contribution is 8.01. The number of hydrogen-bond donors (Lipinski definition) is 2. The average molecular weight is 356 g/mol. The lowest BCUT2D eigenvalue weighted by molar-refractivity contribution is -0.133. The Morgan fingerprint density at radius 1 is 1.12 bits per heavy atom. The van der Waals surface area contributed by atoms with E-state index >= 15 is 0 Å². The van der Waals surface area contributed by atoms with Crippen LogP contribution < -0.4 is 5.32 Å². The molecule has 0 fully saturated rings. The third-order valence-corrected chi connectivity index (χ3v) is 5.28. The van der Waals surface area contributed by atoms with E-state index in [1.165, 1.54) is 11.8 Å². The molecule has 1 unspecified atom stereocenters. The number of para-hydroxylation sites is 1. The van der Waals surface area contributed by atoms with E-state index < -0.39 is 5.25 Å². The molecule has 6 heteroatoms. The number of hydrogen-bond acceptors (Lipinski definition) is 4. The van der Waals surface area contributed by atoms with Gasteiger partial charge in [0.2, 0.25) is 11.8 Å². The average Bonchev–Trinajstić information content (AvgIpc) is 2.63. The largest absolute Gasteiger partial charge is 0.395 e. The number of nitrogens with one attached hydrogen (secondary N) is 1. The van der Waals surface area contributed by atoms with E-state index in [0.717, 1.165) is 16.1 Å². The van der Waals surface area contributed by atoms with Crippen LogP contribution in [0.2, 0.25) is 0 Å². The Labute approximate surface area is 151 Å². The van der Waals surface area contributed by atoms with E-state index in [0.29, 0.717) is 6.54 Å². The summed E-state index contributed by atoms with van der Waals surface area (Å²) in [7, 11) is 0. The van der Waals surface area contributed by atoms with Crippen LogP contribution in [0.15, 0.2) is 59.5 Å². The minimum atomic E-state index is -0.459. The van der Waals surface area contributed by atoms with E-state index in [2.05, 4.69) is 5.32 Å². The maximum atomic E-state index is 12.7. The second kappa shape index (κ2) is 8.18. The van der Waals surface area contributed by atoms with Crippen molar-refractivity contribution in [1.82, 2.24) is 4.90 Å². The fourth-order valence-corrected chi connectivity index (χ4v) is 3.83. The Morgan fingerprint density at radius 3 is 2.60 bits per heavy atom. The molecule has 2 aromatic carbocycles. The Bertz CT molecular complexity index is 751. The maximum absolute atomic E-state index is 12.7. The SMILES string of the molecule is O=C1Nc2ccccc2SC1CC(=O)N(CCO)Cc1ccccc1. The number of amides is 2. The van der Waals surface area contributed by atoms with Crippen LogP contribution in [-0.4, -0.2) is 40.2 Å². The number of thioether (sulfide) groups is 1. The number of rotatable bonds is 6. The molecule has 2 amide bonds. The first-order valence-electron chi connectivity index (χ1n) is 8.16. The molecule has 0 saturated carbocycles. The number of benzene rings is 2. The zero-order chi connectivity index (χ0) is 17.6. The van der Waals surface area contributed by atoms with Crippen molar-refractivity contribution in [2.45, 2.75) is 23.1 Å². The number of aliphatic hydroxyl groups excluding tert-OH is 1. The molecule has 0 spiro atoms. The molecule has 2 aromatic rings. The Kier molecular flexibility index (Phi) is 5.73. The number of fused-ring (bicyclic) bond motifs is 1. The monoisotopic (exact) mass is 356 g/mol. The van der Waals surface area contributed by atoms with Crippen LogP contribution in [0.4, 0.5) is 5.69 Å². The van der Waals surface area contributed by atoms with Crippen molar-refractivity contribution < 1.29 is 14.7 Å². The number of carbonyl (C=O) groups is 2. The third kappa shape index (κ3) is 4.41. The second-order valence-electron chi connectivity index (χ2n) is 5.82. The molecule has 0 radical (unpaired) electrons. The molecule has 25 heavy (non-hydrogen) atoms. The molecule has 5 nitrogen and oxygen atoms in total. The first-order chi connectivity index (χ1) is 12.2. The van der Waals surface area contributed by atoms with Gasteiger partial charge >= 0.3 is 0 Å². The lowest BCUT2D eigenvalue weighted by Gasteiger charge is -2.27. The number of aliphatic hydroxyl groups is 1. The van der Waals surface area contributed by atoms with E-state index in [9.17, 15) is 14.7 Å². The van der Waals surface area contributed by atoms with Crippen molar-refractivity contribution in [3.05, 3.63) is 60.2 Å². The van der Waals surface area contributed by atoms with Gasteiger partial charge in [-0.15, -0.1) is 11.8 Å². The first-order valence-corrected chi connectivity index (χ1v) is 9.04. The van der Waals surface area contributed by atoms with Gasteiger partial charge in [0.1, 0.15) is 0 Å². The molecular formula is C19H20N2O3S. The number of anilines is 1. The van der Waals surface area contributed by atoms with Gasteiger partial charge in [0.25, 0.3) is 0 Å². The van der Waals surface area contributed by atoms with Gasteiger partial charge in [0, 0.05) is 24.4 Å². The van der Waals surface area contributed by atoms with Crippen molar-refractivity contribution in [3.63, 3.8) is 0 Å². The molecule has 0 saturated heterocycles. The fraction of sp³-hybridized carbons (Fsp3) is 0.263. The summed E-state index contributed by atoms with van der Waals surface area (Å²) in [5.74, 6) is -0.286. The smallest absolute Gasteiger partial charge is 0.238 e. The topological polar surface area (TPSA) is 69.6 Å². The minimum absolute atomic E-state index is 0.106. The van der Waals surface area contributed by atoms with E-state index in [1.54, 1.807) is 4.90 Å². The molecule has 2 N–H and O–H groups in total. The molecule has 1 atom stereocenters. The summed E-state index contributed by atoms with van der Waals surface area (Å²) >= 11 is 1.41. The Morgan fingerprint density at radius 2 is 1.84 bits per heavy atom. The summed E-state index contributed by atoms with van der Waals surface area (Å²) in [6, 6.07) is 17.2. The molecule has 0 bridgehead atoms. The van der Waals surface area contributed by atoms with Gasteiger partial charge in [-0.2, -0.15) is 0 Å². The van der Waals surface area contributed by atoms with Gasteiger partial charge in [-0.3, -0.25) is 9.59 Å². The zero-order valence-corrected chi connectivity index (χ0v) is 14.5. The zero-order valence-electron chi connectivity index (χ0n) is 13.7. The lowest BCUT2D eigenvalue weighted by atomic mass is 10.2. The normalized spacial score (nSPS) is 16.0. The molecule has 1 heterocycles. The van der Waals surface area contributed by atoms with E-state index in [-0.39, 0.29) is 31.4 Å². The highest BCUT2D eigenvalue weighted by Crippen LogP contribution is 2.36. The highest BCUT2D eigenvalue weighted by atomic mass is 32.2. The minimum Gasteiger partial charge on any atom is -0.395 e. The third-order valence-electron chi connectivity index (χ3n) is 4.01. The van der Waals surface area contributed by atoms with Crippen molar-refractivity contribution in [2.24, 2.45) is 0 Å². The van der Waals surface area contributed by atoms with Crippen molar-refractivity contribution in [2.75, 3.05) is 18.5 Å². The molecule has 1 aliphatic heterocycles. The summed E-state index contributed by atoms with van der Waals surface area (Å²) in [5, 5.41) is 11.7. The van der Waals surface area contributed by atoms with Crippen LogP contribution in [0.1, 0.15) is 12.0 Å². The van der Waals surface area contributed by atoms with Gasteiger partial charge in [-0.05, 0) is 17.7 Å². The number of nitrogens with zero attached hydrogens (tertiary/aromatic N) is 1. The van der Waals surface area contributed by atoms with E-state index in [4.69, 9.17) is 0 Å². The lowest BCUT2D eigenvalue weighted by Crippen LogP contribution is -2.38. The predicted octanol–water partition coefficient (Wildman–Crippen LogP) is 2.51. The van der Waals surface area contributed by atoms with Crippen LogP contribution in [-0.2, 0) is 16.1 Å². The predicted molar refractivity (Wildman–Crippen MR) is 98.3 cm³/mol. The second-order valence-corrected chi connectivity index (χ2v) is 7.07. The van der Waals surface area contributed by atoms with Gasteiger partial charge in [-0.25, -0.2) is 0 Å². The van der Waals surface area contributed by atoms with Crippen LogP contribution in [0, 0.1) is 0 Å². The molecule has 3 rings (SSSR count). The summed E-state index contributed by atoms with van der Waals surface area (Å²) in [6.45, 7) is 0.574. The molecule has 0 aliphatic carbocycles. The van der Waals surface area contributed by atoms with E-state index in [1.807, 2.05) is 54.6 Å². The highest BCUT2D eigenvalue weighted by Gasteiger charge is 2.30. The Balaban J connectivity index is 1.68. The quantitative estimate of drug-likeness (QED) is 0.834. The molecule has 1 aliphatic rings. The summed E-state index contributed by atoms with van der Waals surface area (Å²) < 4.78 is 0. The van der Waals surface area contributed by atoms with Gasteiger partial charge in [-0.1, -0.05) is 42.5 Å². The summed E-state index contributed by atoms with van der Waals surface area (Å²) in [4.78, 5) is 27.5. The maximum Gasteiger partial charge on any atom is 0.238 e. The standard InChI is InChI=1S/C19H20N2O3S/c22-11-10-21(13-14-6-2-1-3-7-14)18(23)12-17-19(24)20-15-8-4-5-9-16(15)25-17/h1-9,17,22H,10-13H2,(H,20,24). The van der Waals surface area contributed by atoms with Crippen molar-refractivity contribution in [1.29, 1.82) is 0 Å². The van der Waals surface area contributed by atoms with Crippen LogP contribution >= 0.6 is 11.8 Å². The van der Waals surface area contributed by atoms with Gasteiger partial charge in [0.05, 0.1) is 17.5 Å². The summed E-state index contributed by atoms with van der Waals surface area (Å²) in [6.07, 6.45) is 0.109. The molecule has 0 aromatic heterocycles. The molecule has 130 valence electrons. The first kappa shape index (κ1) is 17.5. The Hall–Kier alpha value is -2.31. The van der Waals surface area contributed by atoms with Crippen LogP contribution in [0.5, 0.6) is 0 Å². The van der Waals surface area contributed by atoms with Gasteiger partial charge in [0.15, 0.2) is 0 Å².